The van der Waals surface area contributed by atoms with E-state index in [1.807, 2.05) is 41.8 Å². The normalized spacial score (nSPS) is 14.5. The highest BCUT2D eigenvalue weighted by molar-refractivity contribution is 7.13. The molecule has 0 spiro atoms. The molecule has 0 atom stereocenters. The number of benzene rings is 2. The lowest BCUT2D eigenvalue weighted by Gasteiger charge is -2.32. The molecule has 4 rings (SSSR count). The Morgan fingerprint density at radius 3 is 2.39 bits per heavy atom. The Balaban J connectivity index is 1.14. The molecule has 0 aliphatic carbocycles. The standard InChI is InChI=1S/C25H29N5O2S/c31-23(26-21-13-15-30(16-14-21)17-19-7-3-1-4-8-19)12-11-22-18-33-25(28-22)29-24(32)27-20-9-5-2-6-10-20/h1-10,18,21H,11-17H2,(H,26,31)(H2,27,28,29,32). The maximum Gasteiger partial charge on any atom is 0.325 e. The maximum absolute atomic E-state index is 12.4. The van der Waals surface area contributed by atoms with Crippen molar-refractivity contribution in [3.8, 4) is 0 Å². The first-order chi connectivity index (χ1) is 16.1. The van der Waals surface area contributed by atoms with Crippen LogP contribution in [0.25, 0.3) is 0 Å². The van der Waals surface area contributed by atoms with Gasteiger partial charge in [0.25, 0.3) is 0 Å². The maximum atomic E-state index is 12.4. The third-order valence-corrected chi connectivity index (χ3v) is 6.42. The first-order valence-corrected chi connectivity index (χ1v) is 12.1. The van der Waals surface area contributed by atoms with Crippen molar-refractivity contribution < 1.29 is 9.59 Å². The summed E-state index contributed by atoms with van der Waals surface area (Å²) in [5, 5.41) is 11.1. The lowest BCUT2D eigenvalue weighted by molar-refractivity contribution is -0.122. The van der Waals surface area contributed by atoms with Crippen molar-refractivity contribution in [2.45, 2.75) is 38.3 Å². The Morgan fingerprint density at radius 1 is 0.970 bits per heavy atom. The van der Waals surface area contributed by atoms with Crippen LogP contribution in [0.1, 0.15) is 30.5 Å². The van der Waals surface area contributed by atoms with E-state index in [0.717, 1.165) is 38.2 Å². The van der Waals surface area contributed by atoms with Crippen molar-refractivity contribution in [2.24, 2.45) is 0 Å². The van der Waals surface area contributed by atoms with Gasteiger partial charge in [-0.15, -0.1) is 11.3 Å². The molecule has 1 aliphatic heterocycles. The molecule has 2 aromatic carbocycles. The zero-order valence-electron chi connectivity index (χ0n) is 18.5. The predicted octanol–water partition coefficient (Wildman–Crippen LogP) is 4.50. The molecule has 33 heavy (non-hydrogen) atoms. The number of carbonyl (C=O) groups excluding carboxylic acids is 2. The van der Waals surface area contributed by atoms with E-state index in [4.69, 9.17) is 0 Å². The molecule has 1 aromatic heterocycles. The molecule has 1 saturated heterocycles. The summed E-state index contributed by atoms with van der Waals surface area (Å²) in [6.07, 6.45) is 2.89. The average molecular weight is 464 g/mol. The minimum Gasteiger partial charge on any atom is -0.353 e. The number of nitrogens with zero attached hydrogens (tertiary/aromatic N) is 2. The molecule has 1 aliphatic rings. The van der Waals surface area contributed by atoms with Gasteiger partial charge < -0.3 is 10.6 Å². The number of likely N-dealkylation sites (tertiary alicyclic amines) is 1. The van der Waals surface area contributed by atoms with Crippen LogP contribution in [0.5, 0.6) is 0 Å². The van der Waals surface area contributed by atoms with Crippen molar-refractivity contribution in [1.82, 2.24) is 15.2 Å². The fourth-order valence-corrected chi connectivity index (χ4v) is 4.62. The molecule has 172 valence electrons. The van der Waals surface area contributed by atoms with E-state index in [9.17, 15) is 9.59 Å². The molecule has 2 heterocycles. The van der Waals surface area contributed by atoms with Gasteiger partial charge in [0, 0.05) is 43.2 Å². The average Bonchev–Trinajstić information content (AvgIpc) is 3.27. The van der Waals surface area contributed by atoms with Crippen LogP contribution in [0.2, 0.25) is 0 Å². The van der Waals surface area contributed by atoms with Gasteiger partial charge in [0.2, 0.25) is 5.91 Å². The molecule has 3 N–H and O–H groups in total. The number of hydrogen-bond acceptors (Lipinski definition) is 5. The lowest BCUT2D eigenvalue weighted by Crippen LogP contribution is -2.44. The summed E-state index contributed by atoms with van der Waals surface area (Å²) < 4.78 is 0. The molecule has 0 radical (unpaired) electrons. The SMILES string of the molecule is O=C(CCc1csc(NC(=O)Nc2ccccc2)n1)NC1CCN(Cc2ccccc2)CC1. The van der Waals surface area contributed by atoms with Gasteiger partial charge in [-0.1, -0.05) is 48.5 Å². The molecule has 3 aromatic rings. The van der Waals surface area contributed by atoms with Crippen LogP contribution in [0, 0.1) is 0 Å². The first kappa shape index (κ1) is 22.9. The van der Waals surface area contributed by atoms with Gasteiger partial charge >= 0.3 is 6.03 Å². The van der Waals surface area contributed by atoms with E-state index in [1.54, 1.807) is 0 Å². The van der Waals surface area contributed by atoms with Gasteiger partial charge in [-0.05, 0) is 37.0 Å². The Hall–Kier alpha value is -3.23. The fraction of sp³-hybridized carbons (Fsp3) is 0.320. The van der Waals surface area contributed by atoms with Gasteiger partial charge in [0.1, 0.15) is 0 Å². The monoisotopic (exact) mass is 463 g/mol. The van der Waals surface area contributed by atoms with Crippen molar-refractivity contribution in [3.63, 3.8) is 0 Å². The molecule has 7 nitrogen and oxygen atoms in total. The number of thiazole rings is 1. The summed E-state index contributed by atoms with van der Waals surface area (Å²) in [4.78, 5) is 31.4. The van der Waals surface area contributed by atoms with Crippen LogP contribution < -0.4 is 16.0 Å². The summed E-state index contributed by atoms with van der Waals surface area (Å²) in [6.45, 7) is 2.95. The van der Waals surface area contributed by atoms with Gasteiger partial charge in [-0.3, -0.25) is 15.0 Å². The van der Waals surface area contributed by atoms with E-state index in [1.165, 1.54) is 16.9 Å². The zero-order chi connectivity index (χ0) is 22.9. The first-order valence-electron chi connectivity index (χ1n) is 11.3. The molecule has 0 unspecified atom stereocenters. The molecule has 1 fully saturated rings. The van der Waals surface area contributed by atoms with Gasteiger partial charge in [-0.2, -0.15) is 0 Å². The second kappa shape index (κ2) is 11.6. The van der Waals surface area contributed by atoms with Crippen LogP contribution in [-0.2, 0) is 17.8 Å². The number of hydrogen-bond donors (Lipinski definition) is 3. The lowest BCUT2D eigenvalue weighted by atomic mass is 10.0. The number of urea groups is 1. The van der Waals surface area contributed by atoms with Crippen LogP contribution in [-0.4, -0.2) is 41.0 Å². The third-order valence-electron chi connectivity index (χ3n) is 5.61. The zero-order valence-corrected chi connectivity index (χ0v) is 19.3. The fourth-order valence-electron chi connectivity index (χ4n) is 3.88. The van der Waals surface area contributed by atoms with Crippen LogP contribution in [0.3, 0.4) is 0 Å². The van der Waals surface area contributed by atoms with Crippen molar-refractivity contribution in [1.29, 1.82) is 0 Å². The van der Waals surface area contributed by atoms with Crippen LogP contribution in [0.15, 0.2) is 66.0 Å². The second-order valence-electron chi connectivity index (χ2n) is 8.19. The number of para-hydroxylation sites is 1. The Bertz CT molecular complexity index is 1030. The summed E-state index contributed by atoms with van der Waals surface area (Å²) in [5.74, 6) is 0.0563. The minimum absolute atomic E-state index is 0.0563. The number of rotatable bonds is 8. The van der Waals surface area contributed by atoms with Crippen molar-refractivity contribution in [2.75, 3.05) is 23.7 Å². The number of anilines is 2. The minimum atomic E-state index is -0.335. The Kier molecular flexibility index (Phi) is 8.05. The van der Waals surface area contributed by atoms with Gasteiger partial charge in [-0.25, -0.2) is 9.78 Å². The van der Waals surface area contributed by atoms with E-state index >= 15 is 0 Å². The van der Waals surface area contributed by atoms with Crippen molar-refractivity contribution >= 4 is 34.1 Å². The topological polar surface area (TPSA) is 86.4 Å². The van der Waals surface area contributed by atoms with E-state index in [2.05, 4.69) is 50.1 Å². The van der Waals surface area contributed by atoms with E-state index < -0.39 is 0 Å². The Morgan fingerprint density at radius 2 is 1.67 bits per heavy atom. The summed E-state index contributed by atoms with van der Waals surface area (Å²) in [6, 6.07) is 19.6. The number of nitrogens with one attached hydrogen (secondary N) is 3. The molecule has 3 amide bonds. The summed E-state index contributed by atoms with van der Waals surface area (Å²) >= 11 is 1.36. The quantitative estimate of drug-likeness (QED) is 0.459. The highest BCUT2D eigenvalue weighted by Gasteiger charge is 2.20. The van der Waals surface area contributed by atoms with Gasteiger partial charge in [0.15, 0.2) is 5.13 Å². The number of carbonyl (C=O) groups is 2. The number of aryl methyl sites for hydroxylation is 1. The van der Waals surface area contributed by atoms with Crippen LogP contribution >= 0.6 is 11.3 Å². The van der Waals surface area contributed by atoms with Crippen molar-refractivity contribution in [3.05, 3.63) is 77.3 Å². The third kappa shape index (κ3) is 7.40. The summed E-state index contributed by atoms with van der Waals surface area (Å²) in [7, 11) is 0. The number of aromatic nitrogens is 1. The predicted molar refractivity (Wildman–Crippen MR) is 132 cm³/mol. The molecule has 0 bridgehead atoms. The molecular weight excluding hydrogens is 434 g/mol. The highest BCUT2D eigenvalue weighted by Crippen LogP contribution is 2.18. The van der Waals surface area contributed by atoms with E-state index in [0.29, 0.717) is 23.7 Å². The number of piperidine rings is 1. The van der Waals surface area contributed by atoms with E-state index in [-0.39, 0.29) is 18.0 Å². The van der Waals surface area contributed by atoms with Gasteiger partial charge in [0.05, 0.1) is 5.69 Å². The molecule has 0 saturated carbocycles. The second-order valence-corrected chi connectivity index (χ2v) is 9.05. The Labute approximate surface area is 198 Å². The highest BCUT2D eigenvalue weighted by atomic mass is 32.1. The smallest absolute Gasteiger partial charge is 0.325 e. The summed E-state index contributed by atoms with van der Waals surface area (Å²) in [5.41, 5.74) is 2.85. The largest absolute Gasteiger partial charge is 0.353 e. The number of amides is 3. The van der Waals surface area contributed by atoms with Crippen LogP contribution in [0.4, 0.5) is 15.6 Å². The molecule has 8 heteroatoms. The molecular formula is C25H29N5O2S.